The van der Waals surface area contributed by atoms with E-state index in [9.17, 15) is 10.2 Å². The maximum Gasteiger partial charge on any atom is 0.115 e. The zero-order valence-electron chi connectivity index (χ0n) is 17.3. The summed E-state index contributed by atoms with van der Waals surface area (Å²) in [5.41, 5.74) is 2.75. The number of phenolic OH excluding ortho intramolecular Hbond substituents is 2. The Morgan fingerprint density at radius 3 is 1.38 bits per heavy atom. The Labute approximate surface area is 159 Å². The highest BCUT2D eigenvalue weighted by molar-refractivity contribution is 5.43. The minimum Gasteiger partial charge on any atom is -0.508 e. The number of phenols is 2. The lowest BCUT2D eigenvalue weighted by Crippen LogP contribution is -2.37. The van der Waals surface area contributed by atoms with Crippen molar-refractivity contribution in [2.24, 2.45) is 5.41 Å². The van der Waals surface area contributed by atoms with E-state index in [2.05, 4.69) is 13.8 Å². The molecule has 0 amide bonds. The summed E-state index contributed by atoms with van der Waals surface area (Å²) in [7, 11) is 0. The van der Waals surface area contributed by atoms with Gasteiger partial charge in [-0.3, -0.25) is 0 Å². The topological polar surface area (TPSA) is 40.5 Å². The zero-order chi connectivity index (χ0) is 19.8. The predicted molar refractivity (Wildman–Crippen MR) is 112 cm³/mol. The first-order chi connectivity index (χ1) is 12.4. The molecule has 144 valence electrons. The van der Waals surface area contributed by atoms with Gasteiger partial charge in [-0.25, -0.2) is 0 Å². The summed E-state index contributed by atoms with van der Waals surface area (Å²) in [6.45, 7) is 12.7. The Kier molecular flexibility index (Phi) is 8.20. The Bertz CT molecular complexity index is 593. The summed E-state index contributed by atoms with van der Waals surface area (Å²) < 4.78 is 0. The third kappa shape index (κ3) is 5.03. The molecule has 2 heteroatoms. The van der Waals surface area contributed by atoms with Gasteiger partial charge in [0.05, 0.1) is 0 Å². The molecule has 2 aromatic carbocycles. The van der Waals surface area contributed by atoms with Crippen molar-refractivity contribution < 1.29 is 10.2 Å². The van der Waals surface area contributed by atoms with E-state index in [4.69, 9.17) is 0 Å². The van der Waals surface area contributed by atoms with Crippen LogP contribution in [-0.4, -0.2) is 10.2 Å². The zero-order valence-corrected chi connectivity index (χ0v) is 17.3. The van der Waals surface area contributed by atoms with Crippen LogP contribution in [0.2, 0.25) is 0 Å². The minimum atomic E-state index is -0.0385. The van der Waals surface area contributed by atoms with E-state index in [1.54, 1.807) is 24.3 Å². The molecule has 0 saturated heterocycles. The molecular weight excluding hydrogens is 320 g/mol. The smallest absolute Gasteiger partial charge is 0.115 e. The Morgan fingerprint density at radius 2 is 1.04 bits per heavy atom. The number of hydrogen-bond donors (Lipinski definition) is 2. The van der Waals surface area contributed by atoms with Gasteiger partial charge < -0.3 is 10.2 Å². The Morgan fingerprint density at radius 1 is 0.654 bits per heavy atom. The molecule has 1 aliphatic carbocycles. The van der Waals surface area contributed by atoms with Crippen LogP contribution in [0.25, 0.3) is 0 Å². The fourth-order valence-corrected chi connectivity index (χ4v) is 4.08. The van der Waals surface area contributed by atoms with Gasteiger partial charge in [-0.1, -0.05) is 72.2 Å². The van der Waals surface area contributed by atoms with Gasteiger partial charge in [0, 0.05) is 5.41 Å². The van der Waals surface area contributed by atoms with Crippen LogP contribution in [0.4, 0.5) is 0 Å². The molecule has 2 N–H and O–H groups in total. The van der Waals surface area contributed by atoms with E-state index >= 15 is 0 Å². The molecule has 0 spiro atoms. The fraction of sp³-hybridized carbons (Fsp3) is 0.500. The third-order valence-corrected chi connectivity index (χ3v) is 5.08. The van der Waals surface area contributed by atoms with E-state index in [0.29, 0.717) is 11.5 Å². The van der Waals surface area contributed by atoms with Gasteiger partial charge in [-0.15, -0.1) is 0 Å². The molecule has 1 saturated carbocycles. The SMILES string of the molecule is CC.CC.CC1(C)CCCC(c2ccc(O)cc2)(c2ccc(O)cc2)C1. The first-order valence-electron chi connectivity index (χ1n) is 10.0. The molecule has 1 fully saturated rings. The molecule has 0 aliphatic heterocycles. The first-order valence-corrected chi connectivity index (χ1v) is 10.0. The lowest BCUT2D eigenvalue weighted by Gasteiger charge is -2.46. The molecule has 2 aromatic rings. The summed E-state index contributed by atoms with van der Waals surface area (Å²) >= 11 is 0. The molecule has 0 unspecified atom stereocenters. The van der Waals surface area contributed by atoms with Crippen molar-refractivity contribution in [3.05, 3.63) is 59.7 Å². The van der Waals surface area contributed by atoms with Gasteiger partial charge in [0.2, 0.25) is 0 Å². The monoisotopic (exact) mass is 356 g/mol. The molecule has 0 radical (unpaired) electrons. The van der Waals surface area contributed by atoms with Gasteiger partial charge >= 0.3 is 0 Å². The number of hydrogen-bond acceptors (Lipinski definition) is 2. The van der Waals surface area contributed by atoms with Gasteiger partial charge in [0.1, 0.15) is 11.5 Å². The van der Waals surface area contributed by atoms with E-state index in [1.807, 2.05) is 52.0 Å². The van der Waals surface area contributed by atoms with Crippen LogP contribution in [0, 0.1) is 5.41 Å². The van der Waals surface area contributed by atoms with Crippen LogP contribution in [0.15, 0.2) is 48.5 Å². The number of benzene rings is 2. The van der Waals surface area contributed by atoms with E-state index in [0.717, 1.165) is 12.8 Å². The van der Waals surface area contributed by atoms with E-state index < -0.39 is 0 Å². The summed E-state index contributed by atoms with van der Waals surface area (Å²) in [6.07, 6.45) is 4.61. The second-order valence-corrected chi connectivity index (χ2v) is 7.37. The number of aromatic hydroxyl groups is 2. The molecule has 3 rings (SSSR count). The van der Waals surface area contributed by atoms with Crippen LogP contribution in [0.5, 0.6) is 11.5 Å². The molecule has 0 aromatic heterocycles. The molecular formula is C24H36O2. The highest BCUT2D eigenvalue weighted by atomic mass is 16.3. The van der Waals surface area contributed by atoms with Crippen molar-refractivity contribution in [1.82, 2.24) is 0 Å². The van der Waals surface area contributed by atoms with Crippen molar-refractivity contribution in [1.29, 1.82) is 0 Å². The van der Waals surface area contributed by atoms with Crippen LogP contribution in [0.1, 0.15) is 78.4 Å². The van der Waals surface area contributed by atoms with Gasteiger partial charge in [-0.2, -0.15) is 0 Å². The lowest BCUT2D eigenvalue weighted by atomic mass is 9.58. The van der Waals surface area contributed by atoms with Gasteiger partial charge in [0.25, 0.3) is 0 Å². The van der Waals surface area contributed by atoms with E-state index in [-0.39, 0.29) is 10.8 Å². The Hall–Kier alpha value is -1.96. The van der Waals surface area contributed by atoms with Crippen molar-refractivity contribution in [3.63, 3.8) is 0 Å². The molecule has 0 atom stereocenters. The second-order valence-electron chi connectivity index (χ2n) is 7.37. The standard InChI is InChI=1S/C20H24O2.2C2H6/c1-19(2)12-3-13-20(14-19,15-4-8-17(21)9-5-15)16-6-10-18(22)11-7-16;2*1-2/h4-11,21-22H,3,12-14H2,1-2H3;2*1-2H3. The Balaban J connectivity index is 0.000000791. The van der Waals surface area contributed by atoms with Crippen LogP contribution in [-0.2, 0) is 5.41 Å². The summed E-state index contributed by atoms with van der Waals surface area (Å²) in [5, 5.41) is 19.2. The highest BCUT2D eigenvalue weighted by Crippen LogP contribution is 2.51. The fourth-order valence-electron chi connectivity index (χ4n) is 4.08. The third-order valence-electron chi connectivity index (χ3n) is 5.08. The van der Waals surface area contributed by atoms with E-state index in [1.165, 1.54) is 24.0 Å². The van der Waals surface area contributed by atoms with Crippen LogP contribution in [0.3, 0.4) is 0 Å². The van der Waals surface area contributed by atoms with Gasteiger partial charge in [-0.05, 0) is 60.1 Å². The second kappa shape index (κ2) is 9.66. The van der Waals surface area contributed by atoms with Gasteiger partial charge in [0.15, 0.2) is 0 Å². The average molecular weight is 357 g/mol. The maximum absolute atomic E-state index is 9.62. The first kappa shape index (κ1) is 22.1. The molecule has 2 nitrogen and oxygen atoms in total. The highest BCUT2D eigenvalue weighted by Gasteiger charge is 2.42. The molecule has 0 heterocycles. The maximum atomic E-state index is 9.62. The van der Waals surface area contributed by atoms with Crippen LogP contribution < -0.4 is 0 Å². The predicted octanol–water partition coefficient (Wildman–Crippen LogP) is 7.04. The minimum absolute atomic E-state index is 0.0385. The summed E-state index contributed by atoms with van der Waals surface area (Å²) in [4.78, 5) is 0. The average Bonchev–Trinajstić information content (AvgIpc) is 2.65. The quantitative estimate of drug-likeness (QED) is 0.606. The summed E-state index contributed by atoms with van der Waals surface area (Å²) in [6, 6.07) is 15.3. The summed E-state index contributed by atoms with van der Waals surface area (Å²) in [5.74, 6) is 0.611. The van der Waals surface area contributed by atoms with Crippen LogP contribution >= 0.6 is 0 Å². The largest absolute Gasteiger partial charge is 0.508 e. The molecule has 26 heavy (non-hydrogen) atoms. The van der Waals surface area contributed by atoms with Crippen molar-refractivity contribution in [2.75, 3.05) is 0 Å². The number of rotatable bonds is 2. The van der Waals surface area contributed by atoms with Crippen molar-refractivity contribution in [3.8, 4) is 11.5 Å². The van der Waals surface area contributed by atoms with Crippen molar-refractivity contribution in [2.45, 2.75) is 72.6 Å². The molecule has 0 bridgehead atoms. The molecule has 1 aliphatic rings. The normalized spacial score (nSPS) is 17.2. The van der Waals surface area contributed by atoms with Crippen molar-refractivity contribution >= 4 is 0 Å². The lowest BCUT2D eigenvalue weighted by molar-refractivity contribution is 0.173.